The van der Waals surface area contributed by atoms with Crippen LogP contribution in [0.1, 0.15) is 12.6 Å². The molecule has 0 bridgehead atoms. The molecule has 144 valence electrons. The molecule has 1 aliphatic heterocycles. The lowest BCUT2D eigenvalue weighted by molar-refractivity contribution is -0.0421. The first-order valence-corrected chi connectivity index (χ1v) is 10.3. The van der Waals surface area contributed by atoms with Gasteiger partial charge in [-0.15, -0.1) is 0 Å². The van der Waals surface area contributed by atoms with Crippen molar-refractivity contribution in [2.75, 3.05) is 12.3 Å². The molecule has 3 heterocycles. The number of anilines is 1. The van der Waals surface area contributed by atoms with E-state index in [0.29, 0.717) is 11.2 Å². The number of aliphatic hydroxyl groups is 1. The van der Waals surface area contributed by atoms with Crippen molar-refractivity contribution in [2.24, 2.45) is 5.50 Å². The van der Waals surface area contributed by atoms with E-state index in [1.165, 1.54) is 17.2 Å². The lowest BCUT2D eigenvalue weighted by Gasteiger charge is -2.18. The Morgan fingerprint density at radius 3 is 2.77 bits per heavy atom. The fraction of sp³-hybridized carbons (Fsp3) is 0.500. The normalized spacial score (nSPS) is 28.1. The van der Waals surface area contributed by atoms with Gasteiger partial charge in [-0.3, -0.25) is 9.09 Å². The topological polar surface area (TPSA) is 218 Å². The zero-order chi connectivity index (χ0) is 19.1. The minimum absolute atomic E-state index is 0.107. The molecule has 0 radical (unpaired) electrons. The van der Waals surface area contributed by atoms with Crippen LogP contribution in [0, 0.1) is 0 Å². The zero-order valence-corrected chi connectivity index (χ0v) is 14.8. The van der Waals surface area contributed by atoms with Crippen molar-refractivity contribution in [3.63, 3.8) is 0 Å². The Kier molecular flexibility index (Phi) is 5.14. The lowest BCUT2D eigenvalue weighted by atomic mass is 10.2. The van der Waals surface area contributed by atoms with Crippen LogP contribution in [0.15, 0.2) is 12.7 Å². The van der Waals surface area contributed by atoms with E-state index in [1.807, 2.05) is 0 Å². The summed E-state index contributed by atoms with van der Waals surface area (Å²) in [6.45, 7) is -0.588. The van der Waals surface area contributed by atoms with Crippen LogP contribution in [0.3, 0.4) is 0 Å². The summed E-state index contributed by atoms with van der Waals surface area (Å²) in [5, 5.41) is 10.1. The smallest absolute Gasteiger partial charge is 0.390 e. The van der Waals surface area contributed by atoms with Crippen molar-refractivity contribution in [3.8, 4) is 0 Å². The molecule has 0 aliphatic carbocycles. The zero-order valence-electron chi connectivity index (χ0n) is 13.0. The summed E-state index contributed by atoms with van der Waals surface area (Å²) in [6.07, 6.45) is -0.00837. The summed E-state index contributed by atoms with van der Waals surface area (Å²) in [4.78, 5) is 30.1. The summed E-state index contributed by atoms with van der Waals surface area (Å²) in [7, 11) is -9.63. The second kappa shape index (κ2) is 6.93. The molecule has 16 heteroatoms. The van der Waals surface area contributed by atoms with Crippen molar-refractivity contribution in [1.82, 2.24) is 19.5 Å². The second-order valence-electron chi connectivity index (χ2n) is 5.43. The highest BCUT2D eigenvalue weighted by Crippen LogP contribution is 2.56. The van der Waals surface area contributed by atoms with Gasteiger partial charge >= 0.3 is 15.6 Å². The predicted molar refractivity (Wildman–Crippen MR) is 85.1 cm³/mol. The number of fused-ring (bicyclic) bond motifs is 1. The third-order valence-electron chi connectivity index (χ3n) is 3.52. The van der Waals surface area contributed by atoms with Crippen LogP contribution in [0.4, 0.5) is 5.82 Å². The number of ether oxygens (including phenoxy) is 1. The van der Waals surface area contributed by atoms with Crippen molar-refractivity contribution < 1.29 is 37.6 Å². The van der Waals surface area contributed by atoms with Crippen LogP contribution in [-0.2, 0) is 22.7 Å². The van der Waals surface area contributed by atoms with Crippen molar-refractivity contribution >= 4 is 32.6 Å². The molecule has 1 aliphatic rings. The Morgan fingerprint density at radius 2 is 2.08 bits per heavy atom. The molecule has 2 aromatic rings. The molecule has 2 unspecified atom stereocenters. The fourth-order valence-corrected chi connectivity index (χ4v) is 4.16. The van der Waals surface area contributed by atoms with E-state index in [0.717, 1.165) is 0 Å². The van der Waals surface area contributed by atoms with E-state index in [4.69, 9.17) is 15.4 Å². The molecule has 0 spiro atoms. The Morgan fingerprint density at radius 1 is 1.35 bits per heavy atom. The molecule has 26 heavy (non-hydrogen) atoms. The van der Waals surface area contributed by atoms with E-state index < -0.39 is 40.6 Å². The first kappa shape index (κ1) is 19.3. The summed E-state index contributed by atoms with van der Waals surface area (Å²) in [5.41, 5.74) is 11.1. The number of imidazole rings is 1. The molecule has 5 atom stereocenters. The third-order valence-corrected chi connectivity index (χ3v) is 5.76. The standard InChI is InChI=1S/C10H16N6O8P2/c11-9-8-10(14-3-13-9)16(4-15-8)7-1-5(17)6(23-7)2-22-26(20,21)24-25(12,18)19/h3-7,17H,1-2H2,(H,20,21)(H2,11,13,14)(H3,12,18,19)/t5-,6+,7+/m0/s1. The van der Waals surface area contributed by atoms with E-state index in [9.17, 15) is 19.1 Å². The van der Waals surface area contributed by atoms with Gasteiger partial charge in [0.1, 0.15) is 24.2 Å². The number of aromatic nitrogens is 4. The maximum atomic E-state index is 11.5. The largest absolute Gasteiger partial charge is 0.480 e. The summed E-state index contributed by atoms with van der Waals surface area (Å²) in [5.74, 6) is 0.181. The molecule has 1 saturated heterocycles. The highest BCUT2D eigenvalue weighted by atomic mass is 31.3. The Hall–Kier alpha value is -1.47. The van der Waals surface area contributed by atoms with Crippen LogP contribution in [0.5, 0.6) is 0 Å². The molecule has 14 nitrogen and oxygen atoms in total. The van der Waals surface area contributed by atoms with Crippen molar-refractivity contribution in [3.05, 3.63) is 12.7 Å². The molecule has 1 fully saturated rings. The monoisotopic (exact) mass is 410 g/mol. The van der Waals surface area contributed by atoms with Gasteiger partial charge in [0.05, 0.1) is 19.0 Å². The average molecular weight is 410 g/mol. The molecule has 2 aromatic heterocycles. The fourth-order valence-electron chi connectivity index (χ4n) is 2.46. The summed E-state index contributed by atoms with van der Waals surface area (Å²) in [6, 6.07) is 0. The number of hydrogen-bond donors (Lipinski definition) is 5. The van der Waals surface area contributed by atoms with Crippen LogP contribution < -0.4 is 11.2 Å². The van der Waals surface area contributed by atoms with Crippen molar-refractivity contribution in [2.45, 2.75) is 24.9 Å². The van der Waals surface area contributed by atoms with Crippen LogP contribution in [-0.4, -0.2) is 53.2 Å². The molecule has 3 rings (SSSR count). The number of hydrogen-bond acceptors (Lipinski definition) is 10. The van der Waals surface area contributed by atoms with Gasteiger partial charge in [0.25, 0.3) is 0 Å². The first-order chi connectivity index (χ1) is 12.1. The maximum absolute atomic E-state index is 11.5. The van der Waals surface area contributed by atoms with Crippen LogP contribution in [0.2, 0.25) is 0 Å². The molecule has 0 amide bonds. The molecule has 0 saturated carbocycles. The minimum Gasteiger partial charge on any atom is -0.390 e. The number of nitrogens with zero attached hydrogens (tertiary/aromatic N) is 4. The van der Waals surface area contributed by atoms with Gasteiger partial charge in [0.15, 0.2) is 11.5 Å². The van der Waals surface area contributed by atoms with Crippen LogP contribution in [0.25, 0.3) is 11.2 Å². The molecule has 7 N–H and O–H groups in total. The number of nitrogen functional groups attached to an aromatic ring is 1. The van der Waals surface area contributed by atoms with E-state index in [1.54, 1.807) is 0 Å². The number of phosphoric acid groups is 1. The predicted octanol–water partition coefficient (Wildman–Crippen LogP) is -0.750. The number of phosphoric ester groups is 1. The Balaban J connectivity index is 1.69. The van der Waals surface area contributed by atoms with Gasteiger partial charge in [-0.25, -0.2) is 29.6 Å². The van der Waals surface area contributed by atoms with Gasteiger partial charge < -0.3 is 25.4 Å². The molecular weight excluding hydrogens is 394 g/mol. The van der Waals surface area contributed by atoms with Gasteiger partial charge in [0.2, 0.25) is 0 Å². The Labute approximate surface area is 145 Å². The number of aliphatic hydroxyl groups excluding tert-OH is 1. The van der Waals surface area contributed by atoms with Crippen LogP contribution >= 0.6 is 15.6 Å². The minimum atomic E-state index is -4.90. The van der Waals surface area contributed by atoms with Gasteiger partial charge in [-0.2, -0.15) is 4.31 Å². The third kappa shape index (κ3) is 4.26. The Bertz CT molecular complexity index is 901. The second-order valence-corrected chi connectivity index (χ2v) is 8.40. The van der Waals surface area contributed by atoms with Crippen molar-refractivity contribution in [1.29, 1.82) is 0 Å². The van der Waals surface area contributed by atoms with Gasteiger partial charge in [-0.1, -0.05) is 0 Å². The maximum Gasteiger partial charge on any atom is 0.480 e. The van der Waals surface area contributed by atoms with Gasteiger partial charge in [-0.05, 0) is 0 Å². The number of nitrogens with two attached hydrogens (primary N) is 2. The highest BCUT2D eigenvalue weighted by Gasteiger charge is 2.39. The summed E-state index contributed by atoms with van der Waals surface area (Å²) >= 11 is 0. The van der Waals surface area contributed by atoms with Gasteiger partial charge in [0, 0.05) is 6.42 Å². The summed E-state index contributed by atoms with van der Waals surface area (Å²) < 4.78 is 37.9. The first-order valence-electron chi connectivity index (χ1n) is 7.12. The quantitative estimate of drug-likeness (QED) is 0.371. The lowest BCUT2D eigenvalue weighted by Crippen LogP contribution is -2.26. The number of rotatable bonds is 6. The van der Waals surface area contributed by atoms with E-state index in [2.05, 4.69) is 29.3 Å². The van der Waals surface area contributed by atoms with E-state index >= 15 is 0 Å². The van der Waals surface area contributed by atoms with E-state index in [-0.39, 0.29) is 12.2 Å². The highest BCUT2D eigenvalue weighted by molar-refractivity contribution is 7.62. The SMILES string of the molecule is Nc1ncnc2c1ncn2[C@H]1C[C@H](O)[C@@H](COP(=O)(O)OP(N)(=O)O)O1. The molecular formula is C10H16N6O8P2. The average Bonchev–Trinajstić information content (AvgIpc) is 3.07. The molecule has 0 aromatic carbocycles.